The number of benzene rings is 2. The molecular weight excluding hydrogens is 422 g/mol. The lowest BCUT2D eigenvalue weighted by Gasteiger charge is -2.05. The van der Waals surface area contributed by atoms with Crippen LogP contribution in [0.15, 0.2) is 76.4 Å². The van der Waals surface area contributed by atoms with Gasteiger partial charge in [-0.15, -0.1) is 0 Å². The number of esters is 1. The molecule has 3 aromatic rings. The lowest BCUT2D eigenvalue weighted by Crippen LogP contribution is -2.17. The van der Waals surface area contributed by atoms with Crippen molar-refractivity contribution < 1.29 is 14.3 Å². The number of carbonyl (C=O) groups excluding carboxylic acids is 2. The Kier molecular flexibility index (Phi) is 6.29. The van der Waals surface area contributed by atoms with Gasteiger partial charge in [-0.05, 0) is 73.2 Å². The number of halogens is 1. The molecule has 140 valence electrons. The largest absolute Gasteiger partial charge is 0.423 e. The molecule has 0 spiro atoms. The normalized spacial score (nSPS) is 10.6. The molecule has 6 nitrogen and oxygen atoms in total. The number of hydrogen-bond acceptors (Lipinski definition) is 5. The van der Waals surface area contributed by atoms with E-state index < -0.39 is 5.97 Å². The van der Waals surface area contributed by atoms with Crippen LogP contribution in [0.5, 0.6) is 5.75 Å². The Balaban J connectivity index is 1.55. The summed E-state index contributed by atoms with van der Waals surface area (Å²) >= 11 is 3.32. The lowest BCUT2D eigenvalue weighted by atomic mass is 10.2. The molecule has 0 aliphatic carbocycles. The Morgan fingerprint density at radius 1 is 1.00 bits per heavy atom. The highest BCUT2D eigenvalue weighted by atomic mass is 79.9. The van der Waals surface area contributed by atoms with Gasteiger partial charge in [-0.2, -0.15) is 5.10 Å². The Morgan fingerprint density at radius 2 is 1.68 bits per heavy atom. The van der Waals surface area contributed by atoms with Crippen molar-refractivity contribution in [1.82, 2.24) is 10.4 Å². The summed E-state index contributed by atoms with van der Waals surface area (Å²) in [5.74, 6) is -0.364. The zero-order valence-corrected chi connectivity index (χ0v) is 16.5. The average molecular weight is 438 g/mol. The summed E-state index contributed by atoms with van der Waals surface area (Å²) in [4.78, 5) is 28.1. The van der Waals surface area contributed by atoms with Gasteiger partial charge in [-0.1, -0.05) is 15.9 Å². The summed E-state index contributed by atoms with van der Waals surface area (Å²) < 4.78 is 6.22. The molecule has 0 bridgehead atoms. The number of hydrazone groups is 1. The van der Waals surface area contributed by atoms with Crippen LogP contribution >= 0.6 is 15.9 Å². The van der Waals surface area contributed by atoms with Crippen LogP contribution in [-0.2, 0) is 0 Å². The van der Waals surface area contributed by atoms with Crippen LogP contribution in [0.4, 0.5) is 0 Å². The van der Waals surface area contributed by atoms with Gasteiger partial charge >= 0.3 is 5.97 Å². The van der Waals surface area contributed by atoms with Crippen LogP contribution in [0, 0.1) is 6.92 Å². The standard InChI is InChI=1S/C21H16BrN3O3/c1-14-2-5-17(13-23-14)20(26)25-24-12-15-3-10-19(11-4-15)28-21(27)16-6-8-18(22)9-7-16/h2-13H,1H3,(H,25,26)/b24-12+. The van der Waals surface area contributed by atoms with Gasteiger partial charge in [0.25, 0.3) is 5.91 Å². The van der Waals surface area contributed by atoms with Crippen molar-refractivity contribution in [3.63, 3.8) is 0 Å². The van der Waals surface area contributed by atoms with E-state index in [4.69, 9.17) is 4.74 Å². The second-order valence-electron chi connectivity index (χ2n) is 5.85. The second-order valence-corrected chi connectivity index (χ2v) is 6.77. The van der Waals surface area contributed by atoms with Gasteiger partial charge in [-0.25, -0.2) is 10.2 Å². The minimum Gasteiger partial charge on any atom is -0.423 e. The van der Waals surface area contributed by atoms with E-state index in [9.17, 15) is 9.59 Å². The van der Waals surface area contributed by atoms with E-state index in [-0.39, 0.29) is 5.91 Å². The number of ether oxygens (including phenoxy) is 1. The first-order valence-corrected chi connectivity index (χ1v) is 9.14. The van der Waals surface area contributed by atoms with E-state index in [0.29, 0.717) is 16.9 Å². The van der Waals surface area contributed by atoms with Crippen molar-refractivity contribution in [2.24, 2.45) is 5.10 Å². The summed E-state index contributed by atoms with van der Waals surface area (Å²) in [7, 11) is 0. The van der Waals surface area contributed by atoms with Crippen LogP contribution in [0.2, 0.25) is 0 Å². The Labute approximate surface area is 170 Å². The van der Waals surface area contributed by atoms with Crippen molar-refractivity contribution in [2.45, 2.75) is 6.92 Å². The smallest absolute Gasteiger partial charge is 0.343 e. The molecule has 0 unspecified atom stereocenters. The number of rotatable bonds is 5. The Morgan fingerprint density at radius 3 is 2.32 bits per heavy atom. The molecule has 0 aliphatic rings. The molecule has 1 amide bonds. The molecule has 3 rings (SSSR count). The number of nitrogens with one attached hydrogen (secondary N) is 1. The first kappa shape index (κ1) is 19.4. The monoisotopic (exact) mass is 437 g/mol. The van der Waals surface area contributed by atoms with Gasteiger partial charge in [0, 0.05) is 16.4 Å². The number of hydrogen-bond donors (Lipinski definition) is 1. The molecule has 0 radical (unpaired) electrons. The Hall–Kier alpha value is -3.32. The van der Waals surface area contributed by atoms with E-state index in [1.165, 1.54) is 12.4 Å². The predicted octanol–water partition coefficient (Wildman–Crippen LogP) is 4.14. The molecule has 0 saturated heterocycles. The van der Waals surface area contributed by atoms with E-state index in [1.807, 2.05) is 6.92 Å². The maximum absolute atomic E-state index is 12.1. The topological polar surface area (TPSA) is 80.6 Å². The molecule has 0 saturated carbocycles. The quantitative estimate of drug-likeness (QED) is 0.281. The minimum atomic E-state index is -0.437. The van der Waals surface area contributed by atoms with Crippen molar-refractivity contribution >= 4 is 34.0 Å². The van der Waals surface area contributed by atoms with E-state index in [2.05, 4.69) is 31.4 Å². The molecule has 0 fully saturated rings. The van der Waals surface area contributed by atoms with Crippen molar-refractivity contribution in [3.8, 4) is 5.75 Å². The molecule has 2 aromatic carbocycles. The highest BCUT2D eigenvalue weighted by Gasteiger charge is 2.08. The average Bonchev–Trinajstić information content (AvgIpc) is 2.70. The third kappa shape index (κ3) is 5.34. The molecule has 0 aliphatic heterocycles. The van der Waals surface area contributed by atoms with E-state index in [0.717, 1.165) is 15.7 Å². The van der Waals surface area contributed by atoms with Crippen molar-refractivity contribution in [1.29, 1.82) is 0 Å². The first-order valence-electron chi connectivity index (χ1n) is 8.35. The number of aryl methyl sites for hydroxylation is 1. The van der Waals surface area contributed by atoms with Gasteiger partial charge in [0.2, 0.25) is 0 Å². The third-order valence-electron chi connectivity index (χ3n) is 3.72. The third-order valence-corrected chi connectivity index (χ3v) is 4.25. The van der Waals surface area contributed by atoms with E-state index >= 15 is 0 Å². The number of nitrogens with zero attached hydrogens (tertiary/aromatic N) is 2. The predicted molar refractivity (Wildman–Crippen MR) is 110 cm³/mol. The molecule has 0 atom stereocenters. The zero-order valence-electron chi connectivity index (χ0n) is 14.9. The summed E-state index contributed by atoms with van der Waals surface area (Å²) in [5.41, 5.74) is 4.91. The number of aromatic nitrogens is 1. The molecule has 28 heavy (non-hydrogen) atoms. The molecule has 1 heterocycles. The summed E-state index contributed by atoms with van der Waals surface area (Å²) in [6.07, 6.45) is 2.99. The summed E-state index contributed by atoms with van der Waals surface area (Å²) in [5, 5.41) is 3.92. The maximum Gasteiger partial charge on any atom is 0.343 e. The van der Waals surface area contributed by atoms with E-state index in [1.54, 1.807) is 60.7 Å². The SMILES string of the molecule is Cc1ccc(C(=O)N/N=C/c2ccc(OC(=O)c3ccc(Br)cc3)cc2)cn1. The molecule has 1 aromatic heterocycles. The van der Waals surface area contributed by atoms with Crippen molar-refractivity contribution in [2.75, 3.05) is 0 Å². The van der Waals surface area contributed by atoms with Gasteiger partial charge in [0.15, 0.2) is 0 Å². The van der Waals surface area contributed by atoms with Gasteiger partial charge < -0.3 is 4.74 Å². The molecular formula is C21H16BrN3O3. The summed E-state index contributed by atoms with van der Waals surface area (Å²) in [6, 6.07) is 17.1. The van der Waals surface area contributed by atoms with Crippen LogP contribution in [0.3, 0.4) is 0 Å². The van der Waals surface area contributed by atoms with Crippen LogP contribution in [0.1, 0.15) is 32.0 Å². The first-order chi connectivity index (χ1) is 13.5. The van der Waals surface area contributed by atoms with Crippen molar-refractivity contribution in [3.05, 3.63) is 93.7 Å². The Bertz CT molecular complexity index is 999. The lowest BCUT2D eigenvalue weighted by molar-refractivity contribution is 0.0734. The highest BCUT2D eigenvalue weighted by Crippen LogP contribution is 2.15. The second kappa shape index (κ2) is 9.05. The minimum absolute atomic E-state index is 0.344. The number of carbonyl (C=O) groups is 2. The summed E-state index contributed by atoms with van der Waals surface area (Å²) in [6.45, 7) is 1.85. The zero-order chi connectivity index (χ0) is 19.9. The fourth-order valence-corrected chi connectivity index (χ4v) is 2.47. The maximum atomic E-state index is 12.1. The number of pyridine rings is 1. The fourth-order valence-electron chi connectivity index (χ4n) is 2.21. The fraction of sp³-hybridized carbons (Fsp3) is 0.0476. The van der Waals surface area contributed by atoms with Crippen LogP contribution in [-0.4, -0.2) is 23.1 Å². The van der Waals surface area contributed by atoms with Gasteiger partial charge in [0.1, 0.15) is 5.75 Å². The van der Waals surface area contributed by atoms with Gasteiger partial charge in [-0.3, -0.25) is 9.78 Å². The highest BCUT2D eigenvalue weighted by molar-refractivity contribution is 9.10. The van der Waals surface area contributed by atoms with Crippen LogP contribution in [0.25, 0.3) is 0 Å². The van der Waals surface area contributed by atoms with Gasteiger partial charge in [0.05, 0.1) is 17.3 Å². The molecule has 1 N–H and O–H groups in total. The molecule has 7 heteroatoms. The number of amides is 1. The van der Waals surface area contributed by atoms with Crippen LogP contribution < -0.4 is 10.2 Å².